The number of hydrogen-bond donors (Lipinski definition) is 1. The third-order valence-corrected chi connectivity index (χ3v) is 4.54. The third-order valence-electron chi connectivity index (χ3n) is 4.54. The van der Waals surface area contributed by atoms with Gasteiger partial charge in [0.1, 0.15) is 0 Å². The molecule has 5 heteroatoms. The van der Waals surface area contributed by atoms with Crippen LogP contribution in [0.3, 0.4) is 0 Å². The van der Waals surface area contributed by atoms with Crippen LogP contribution in [0.1, 0.15) is 49.9 Å². The molecule has 0 spiro atoms. The minimum Gasteiger partial charge on any atom is -0.481 e. The standard InChI is InChI=1S/C18H26N2O3/c1-3-19(4-2)15-10-8-14(9-11-15)18(23)20-12-6-5-7-16(20)13-17(21)22/h8-11,16H,3-7,12-13H2,1-2H3,(H,21,22). The summed E-state index contributed by atoms with van der Waals surface area (Å²) in [4.78, 5) is 27.7. The fraction of sp³-hybridized carbons (Fsp3) is 0.556. The zero-order valence-corrected chi connectivity index (χ0v) is 14.0. The lowest BCUT2D eigenvalue weighted by Crippen LogP contribution is -2.44. The number of nitrogens with zero attached hydrogens (tertiary/aromatic N) is 2. The van der Waals surface area contributed by atoms with Crippen molar-refractivity contribution in [2.45, 2.75) is 45.6 Å². The summed E-state index contributed by atoms with van der Waals surface area (Å²) in [6.07, 6.45) is 2.74. The van der Waals surface area contributed by atoms with E-state index in [1.54, 1.807) is 4.90 Å². The largest absolute Gasteiger partial charge is 0.481 e. The number of anilines is 1. The number of aliphatic carboxylic acids is 1. The van der Waals surface area contributed by atoms with Crippen LogP contribution in [-0.2, 0) is 4.79 Å². The molecule has 1 atom stereocenters. The SMILES string of the molecule is CCN(CC)c1ccc(C(=O)N2CCCCC2CC(=O)O)cc1. The molecule has 1 heterocycles. The van der Waals surface area contributed by atoms with E-state index in [0.717, 1.165) is 38.0 Å². The Morgan fingerprint density at radius 3 is 2.39 bits per heavy atom. The molecule has 1 amide bonds. The van der Waals surface area contributed by atoms with Crippen molar-refractivity contribution in [1.82, 2.24) is 4.90 Å². The van der Waals surface area contributed by atoms with Gasteiger partial charge in [0.2, 0.25) is 0 Å². The van der Waals surface area contributed by atoms with Gasteiger partial charge < -0.3 is 14.9 Å². The van der Waals surface area contributed by atoms with E-state index >= 15 is 0 Å². The molecule has 1 N–H and O–H groups in total. The van der Waals surface area contributed by atoms with Gasteiger partial charge in [-0.25, -0.2) is 0 Å². The minimum absolute atomic E-state index is 0.0310. The molecule has 1 unspecified atom stereocenters. The second kappa shape index (κ2) is 7.99. The number of benzene rings is 1. The van der Waals surface area contributed by atoms with E-state index in [0.29, 0.717) is 12.1 Å². The van der Waals surface area contributed by atoms with Crippen LogP contribution >= 0.6 is 0 Å². The zero-order chi connectivity index (χ0) is 16.8. The number of carbonyl (C=O) groups excluding carboxylic acids is 1. The zero-order valence-electron chi connectivity index (χ0n) is 14.0. The van der Waals surface area contributed by atoms with Gasteiger partial charge in [-0.2, -0.15) is 0 Å². The number of amides is 1. The summed E-state index contributed by atoms with van der Waals surface area (Å²) >= 11 is 0. The Morgan fingerprint density at radius 2 is 1.83 bits per heavy atom. The Labute approximate surface area is 137 Å². The number of hydrogen-bond acceptors (Lipinski definition) is 3. The third kappa shape index (κ3) is 4.24. The van der Waals surface area contributed by atoms with Gasteiger partial charge in [-0.05, 0) is 57.4 Å². The highest BCUT2D eigenvalue weighted by molar-refractivity contribution is 5.95. The number of piperidine rings is 1. The smallest absolute Gasteiger partial charge is 0.305 e. The van der Waals surface area contributed by atoms with Gasteiger partial charge in [0.25, 0.3) is 5.91 Å². The van der Waals surface area contributed by atoms with Crippen molar-refractivity contribution in [3.63, 3.8) is 0 Å². The molecular formula is C18H26N2O3. The van der Waals surface area contributed by atoms with Crippen molar-refractivity contribution >= 4 is 17.6 Å². The molecule has 5 nitrogen and oxygen atoms in total. The molecule has 2 rings (SSSR count). The van der Waals surface area contributed by atoms with Gasteiger partial charge in [0.15, 0.2) is 0 Å². The van der Waals surface area contributed by atoms with Crippen LogP contribution in [0.2, 0.25) is 0 Å². The van der Waals surface area contributed by atoms with Crippen LogP contribution in [0, 0.1) is 0 Å². The Bertz CT molecular complexity index is 538. The molecule has 0 aromatic heterocycles. The van der Waals surface area contributed by atoms with Crippen LogP contribution in [-0.4, -0.2) is 47.6 Å². The summed E-state index contributed by atoms with van der Waals surface area (Å²) in [7, 11) is 0. The maximum absolute atomic E-state index is 12.7. The quantitative estimate of drug-likeness (QED) is 0.876. The minimum atomic E-state index is -0.841. The first-order chi connectivity index (χ1) is 11.1. The van der Waals surface area contributed by atoms with E-state index in [4.69, 9.17) is 5.11 Å². The normalized spacial score (nSPS) is 17.8. The first kappa shape index (κ1) is 17.3. The Balaban J connectivity index is 2.13. The van der Waals surface area contributed by atoms with Crippen molar-refractivity contribution in [2.24, 2.45) is 0 Å². The van der Waals surface area contributed by atoms with Crippen LogP contribution in [0.25, 0.3) is 0 Å². The van der Waals surface area contributed by atoms with Crippen molar-refractivity contribution < 1.29 is 14.7 Å². The van der Waals surface area contributed by atoms with Crippen molar-refractivity contribution in [3.8, 4) is 0 Å². The summed E-state index contributed by atoms with van der Waals surface area (Å²) in [6, 6.07) is 7.45. The molecule has 23 heavy (non-hydrogen) atoms. The van der Waals surface area contributed by atoms with Gasteiger partial charge >= 0.3 is 5.97 Å². The van der Waals surface area contributed by atoms with E-state index in [1.165, 1.54) is 0 Å². The highest BCUT2D eigenvalue weighted by Gasteiger charge is 2.29. The maximum Gasteiger partial charge on any atom is 0.305 e. The number of carboxylic acids is 1. The molecule has 1 fully saturated rings. The number of carbonyl (C=O) groups is 2. The highest BCUT2D eigenvalue weighted by Crippen LogP contribution is 2.23. The van der Waals surface area contributed by atoms with Crippen LogP contribution in [0.15, 0.2) is 24.3 Å². The van der Waals surface area contributed by atoms with E-state index < -0.39 is 5.97 Å². The molecule has 126 valence electrons. The first-order valence-corrected chi connectivity index (χ1v) is 8.44. The van der Waals surface area contributed by atoms with Gasteiger partial charge in [-0.1, -0.05) is 0 Å². The Kier molecular flexibility index (Phi) is 6.02. The Morgan fingerprint density at radius 1 is 1.17 bits per heavy atom. The van der Waals surface area contributed by atoms with Gasteiger partial charge in [0, 0.05) is 36.9 Å². The second-order valence-electron chi connectivity index (χ2n) is 5.97. The molecule has 1 saturated heterocycles. The first-order valence-electron chi connectivity index (χ1n) is 8.44. The van der Waals surface area contributed by atoms with Crippen LogP contribution in [0.5, 0.6) is 0 Å². The molecule has 1 aliphatic rings. The molecule has 0 bridgehead atoms. The van der Waals surface area contributed by atoms with Crippen molar-refractivity contribution in [2.75, 3.05) is 24.5 Å². The molecule has 0 aliphatic carbocycles. The topological polar surface area (TPSA) is 60.9 Å². The molecule has 0 saturated carbocycles. The summed E-state index contributed by atoms with van der Waals surface area (Å²) in [5.41, 5.74) is 1.74. The predicted molar refractivity (Wildman–Crippen MR) is 90.9 cm³/mol. The maximum atomic E-state index is 12.7. The number of likely N-dealkylation sites (tertiary alicyclic amines) is 1. The summed E-state index contributed by atoms with van der Waals surface area (Å²) in [6.45, 7) is 6.71. The van der Waals surface area contributed by atoms with Gasteiger partial charge in [-0.15, -0.1) is 0 Å². The average molecular weight is 318 g/mol. The monoisotopic (exact) mass is 318 g/mol. The van der Waals surface area contributed by atoms with Crippen molar-refractivity contribution in [3.05, 3.63) is 29.8 Å². The summed E-state index contributed by atoms with van der Waals surface area (Å²) in [5, 5.41) is 9.04. The summed E-state index contributed by atoms with van der Waals surface area (Å²) < 4.78 is 0. The lowest BCUT2D eigenvalue weighted by molar-refractivity contribution is -0.138. The second-order valence-corrected chi connectivity index (χ2v) is 5.97. The fourth-order valence-electron chi connectivity index (χ4n) is 3.25. The van der Waals surface area contributed by atoms with E-state index in [1.807, 2.05) is 24.3 Å². The number of rotatable bonds is 6. The molecule has 1 aliphatic heterocycles. The van der Waals surface area contributed by atoms with Crippen LogP contribution in [0.4, 0.5) is 5.69 Å². The Hall–Kier alpha value is -2.04. The molecule has 0 radical (unpaired) electrons. The molecule has 1 aromatic rings. The summed E-state index contributed by atoms with van der Waals surface area (Å²) in [5.74, 6) is -0.895. The van der Waals surface area contributed by atoms with E-state index in [9.17, 15) is 9.59 Å². The lowest BCUT2D eigenvalue weighted by Gasteiger charge is -2.35. The lowest BCUT2D eigenvalue weighted by atomic mass is 9.98. The van der Waals surface area contributed by atoms with Crippen LogP contribution < -0.4 is 4.90 Å². The predicted octanol–water partition coefficient (Wildman–Crippen LogP) is 3.00. The molecular weight excluding hydrogens is 292 g/mol. The van der Waals surface area contributed by atoms with Gasteiger partial charge in [-0.3, -0.25) is 9.59 Å². The number of carboxylic acid groups (broad SMARTS) is 1. The van der Waals surface area contributed by atoms with Gasteiger partial charge in [0.05, 0.1) is 6.42 Å². The highest BCUT2D eigenvalue weighted by atomic mass is 16.4. The van der Waals surface area contributed by atoms with Crippen molar-refractivity contribution in [1.29, 1.82) is 0 Å². The average Bonchev–Trinajstić information content (AvgIpc) is 2.56. The van der Waals surface area contributed by atoms with E-state index in [-0.39, 0.29) is 18.4 Å². The molecule has 1 aromatic carbocycles. The van der Waals surface area contributed by atoms with E-state index in [2.05, 4.69) is 18.7 Å². The fourth-order valence-corrected chi connectivity index (χ4v) is 3.25.